The van der Waals surface area contributed by atoms with Crippen molar-refractivity contribution in [2.24, 2.45) is 0 Å². The van der Waals surface area contributed by atoms with Crippen LogP contribution in [0.15, 0.2) is 22.7 Å². The molecule has 0 radical (unpaired) electrons. The molecule has 0 aliphatic rings. The first kappa shape index (κ1) is 19.1. The minimum absolute atomic E-state index is 0.160. The van der Waals surface area contributed by atoms with Crippen molar-refractivity contribution in [2.45, 2.75) is 33.8 Å². The van der Waals surface area contributed by atoms with Gasteiger partial charge in [0, 0.05) is 15.7 Å². The second-order valence-electron chi connectivity index (χ2n) is 5.72. The molecule has 0 amide bonds. The van der Waals surface area contributed by atoms with Gasteiger partial charge in [0.05, 0.1) is 11.3 Å². The summed E-state index contributed by atoms with van der Waals surface area (Å²) >= 11 is 3.10. The molecule has 0 spiro atoms. The third-order valence-corrected chi connectivity index (χ3v) is 4.33. The molecule has 0 saturated heterocycles. The molecule has 25 heavy (non-hydrogen) atoms. The van der Waals surface area contributed by atoms with Gasteiger partial charge >= 0.3 is 5.97 Å². The number of Topliss-reactive ketones (excluding diaryl/α,β-unsaturated/α-hetero) is 2. The monoisotopic (exact) mass is 409 g/mol. The van der Waals surface area contributed by atoms with Crippen LogP contribution in [0, 0.1) is 19.7 Å². The summed E-state index contributed by atoms with van der Waals surface area (Å²) in [4.78, 5) is 39.2. The molecule has 0 bridgehead atoms. The fourth-order valence-electron chi connectivity index (χ4n) is 2.66. The van der Waals surface area contributed by atoms with Crippen LogP contribution in [-0.2, 0) is 4.74 Å². The van der Waals surface area contributed by atoms with Crippen LogP contribution in [0.25, 0.3) is 0 Å². The minimum atomic E-state index is -1.13. The Bertz CT molecular complexity index is 872. The van der Waals surface area contributed by atoms with Crippen LogP contribution in [0.4, 0.5) is 4.39 Å². The number of nitrogens with one attached hydrogen (secondary N) is 1. The van der Waals surface area contributed by atoms with E-state index in [1.54, 1.807) is 13.8 Å². The number of hydrogen-bond donors (Lipinski definition) is 1. The molecule has 2 aromatic rings. The number of halogens is 2. The number of carbonyl (C=O) groups is 3. The van der Waals surface area contributed by atoms with E-state index in [9.17, 15) is 18.8 Å². The largest absolute Gasteiger partial charge is 0.451 e. The molecule has 0 fully saturated rings. The van der Waals surface area contributed by atoms with Crippen molar-refractivity contribution in [1.29, 1.82) is 0 Å². The van der Waals surface area contributed by atoms with E-state index in [-0.39, 0.29) is 17.0 Å². The number of hydrogen-bond acceptors (Lipinski definition) is 4. The van der Waals surface area contributed by atoms with Crippen molar-refractivity contribution in [3.05, 3.63) is 56.6 Å². The number of aryl methyl sites for hydroxylation is 1. The maximum absolute atomic E-state index is 13.8. The number of ether oxygens (including phenoxy) is 1. The molecule has 2 rings (SSSR count). The zero-order valence-corrected chi connectivity index (χ0v) is 15.8. The molecule has 1 heterocycles. The average Bonchev–Trinajstić information content (AvgIpc) is 2.80. The summed E-state index contributed by atoms with van der Waals surface area (Å²) in [5, 5.41) is 0. The van der Waals surface area contributed by atoms with Crippen molar-refractivity contribution >= 4 is 33.5 Å². The van der Waals surface area contributed by atoms with E-state index in [4.69, 9.17) is 4.74 Å². The van der Waals surface area contributed by atoms with Crippen LogP contribution >= 0.6 is 15.9 Å². The average molecular weight is 410 g/mol. The first-order chi connectivity index (χ1) is 11.6. The second kappa shape index (κ2) is 7.31. The molecule has 7 heteroatoms. The maximum Gasteiger partial charge on any atom is 0.341 e. The van der Waals surface area contributed by atoms with Gasteiger partial charge in [-0.25, -0.2) is 9.18 Å². The van der Waals surface area contributed by atoms with Crippen LogP contribution in [0.1, 0.15) is 56.3 Å². The lowest BCUT2D eigenvalue weighted by Crippen LogP contribution is -2.25. The third-order valence-electron chi connectivity index (χ3n) is 3.84. The van der Waals surface area contributed by atoms with Crippen LogP contribution in [-0.4, -0.2) is 28.6 Å². The zero-order chi connectivity index (χ0) is 18.9. The highest BCUT2D eigenvalue weighted by Gasteiger charge is 2.27. The highest BCUT2D eigenvalue weighted by atomic mass is 79.9. The number of ketones is 2. The zero-order valence-electron chi connectivity index (χ0n) is 14.2. The van der Waals surface area contributed by atoms with E-state index in [1.165, 1.54) is 26.0 Å². The Kier molecular flexibility index (Phi) is 5.57. The predicted molar refractivity (Wildman–Crippen MR) is 93.6 cm³/mol. The van der Waals surface area contributed by atoms with E-state index < -0.39 is 23.7 Å². The van der Waals surface area contributed by atoms with Gasteiger partial charge in [-0.3, -0.25) is 9.59 Å². The Labute approximate surface area is 152 Å². The molecular formula is C18H17BrFNO4. The molecule has 132 valence electrons. The first-order valence-corrected chi connectivity index (χ1v) is 8.33. The van der Waals surface area contributed by atoms with Crippen molar-refractivity contribution in [2.75, 3.05) is 0 Å². The predicted octanol–water partition coefficient (Wildman–Crippen LogP) is 4.16. The van der Waals surface area contributed by atoms with Crippen molar-refractivity contribution in [3.63, 3.8) is 0 Å². The summed E-state index contributed by atoms with van der Waals surface area (Å²) in [6.45, 7) is 6.15. The number of aromatic amines is 1. The summed E-state index contributed by atoms with van der Waals surface area (Å²) in [6, 6.07) is 3.92. The third kappa shape index (κ3) is 3.87. The summed E-state index contributed by atoms with van der Waals surface area (Å²) < 4.78 is 19.4. The topological polar surface area (TPSA) is 76.2 Å². The standard InChI is InChI=1S/C18H17BrFNO4/c1-8-15(10(3)22)9(2)21-16(8)17(23)11(4)25-18(24)13-6-5-12(19)7-14(13)20/h5-7,11,21H,1-4H3/t11-/m1/s1. The molecule has 0 unspecified atom stereocenters. The molecule has 0 saturated carbocycles. The number of carbonyl (C=O) groups excluding carboxylic acids is 3. The number of aromatic nitrogens is 1. The van der Waals surface area contributed by atoms with E-state index in [1.807, 2.05) is 0 Å². The van der Waals surface area contributed by atoms with Gasteiger partial charge in [-0.2, -0.15) is 0 Å². The van der Waals surface area contributed by atoms with Crippen molar-refractivity contribution in [3.8, 4) is 0 Å². The Morgan fingerprint density at radius 2 is 1.88 bits per heavy atom. The van der Waals surface area contributed by atoms with Gasteiger partial charge in [-0.1, -0.05) is 15.9 Å². The summed E-state index contributed by atoms with van der Waals surface area (Å²) in [7, 11) is 0. The molecule has 1 aromatic heterocycles. The Morgan fingerprint density at radius 1 is 1.24 bits per heavy atom. The highest BCUT2D eigenvalue weighted by molar-refractivity contribution is 9.10. The van der Waals surface area contributed by atoms with Crippen molar-refractivity contribution in [1.82, 2.24) is 4.98 Å². The quantitative estimate of drug-likeness (QED) is 0.593. The summed E-state index contributed by atoms with van der Waals surface area (Å²) in [5.74, 6) is -2.32. The highest BCUT2D eigenvalue weighted by Crippen LogP contribution is 2.21. The van der Waals surface area contributed by atoms with Gasteiger partial charge in [0.2, 0.25) is 5.78 Å². The number of H-pyrrole nitrogens is 1. The van der Waals surface area contributed by atoms with E-state index in [2.05, 4.69) is 20.9 Å². The minimum Gasteiger partial charge on any atom is -0.451 e. The Morgan fingerprint density at radius 3 is 2.40 bits per heavy atom. The van der Waals surface area contributed by atoms with E-state index >= 15 is 0 Å². The fourth-order valence-corrected chi connectivity index (χ4v) is 2.99. The lowest BCUT2D eigenvalue weighted by Gasteiger charge is -2.12. The number of esters is 1. The normalized spacial score (nSPS) is 11.9. The fraction of sp³-hybridized carbons (Fsp3) is 0.278. The lowest BCUT2D eigenvalue weighted by molar-refractivity contribution is 0.0312. The molecule has 5 nitrogen and oxygen atoms in total. The SMILES string of the molecule is CC(=O)c1c(C)[nH]c(C(=O)[C@@H](C)OC(=O)c2ccc(Br)cc2F)c1C. The number of benzene rings is 1. The van der Waals surface area contributed by atoms with Gasteiger partial charge in [0.25, 0.3) is 0 Å². The smallest absolute Gasteiger partial charge is 0.341 e. The van der Waals surface area contributed by atoms with E-state index in [0.717, 1.165) is 6.07 Å². The van der Waals surface area contributed by atoms with Gasteiger partial charge in [0.1, 0.15) is 5.82 Å². The molecule has 0 aliphatic heterocycles. The van der Waals surface area contributed by atoms with Crippen molar-refractivity contribution < 1.29 is 23.5 Å². The number of rotatable bonds is 5. The van der Waals surface area contributed by atoms with Crippen LogP contribution in [0.3, 0.4) is 0 Å². The summed E-state index contributed by atoms with van der Waals surface area (Å²) in [6.07, 6.45) is -1.13. The van der Waals surface area contributed by atoms with Crippen LogP contribution < -0.4 is 0 Å². The van der Waals surface area contributed by atoms with Crippen LogP contribution in [0.5, 0.6) is 0 Å². The Balaban J connectivity index is 2.22. The van der Waals surface area contributed by atoms with Gasteiger partial charge in [-0.05, 0) is 51.5 Å². The van der Waals surface area contributed by atoms with Gasteiger partial charge in [-0.15, -0.1) is 0 Å². The van der Waals surface area contributed by atoms with Gasteiger partial charge in [0.15, 0.2) is 11.9 Å². The van der Waals surface area contributed by atoms with E-state index in [0.29, 0.717) is 21.3 Å². The van der Waals surface area contributed by atoms with Crippen LogP contribution in [0.2, 0.25) is 0 Å². The first-order valence-electron chi connectivity index (χ1n) is 7.53. The molecule has 0 aliphatic carbocycles. The Hall–Kier alpha value is -2.28. The molecular weight excluding hydrogens is 393 g/mol. The second-order valence-corrected chi connectivity index (χ2v) is 6.63. The molecule has 1 N–H and O–H groups in total. The van der Waals surface area contributed by atoms with Gasteiger partial charge < -0.3 is 9.72 Å². The summed E-state index contributed by atoms with van der Waals surface area (Å²) in [5.41, 5.74) is 1.48. The maximum atomic E-state index is 13.8. The molecule has 1 aromatic carbocycles. The molecule has 1 atom stereocenters. The lowest BCUT2D eigenvalue weighted by atomic mass is 10.0.